The van der Waals surface area contributed by atoms with Gasteiger partial charge < -0.3 is 0 Å². The van der Waals surface area contributed by atoms with Crippen LogP contribution in [0.5, 0.6) is 0 Å². The average Bonchev–Trinajstić information content (AvgIpc) is 2.42. The maximum atomic E-state index is 12.1. The number of hydrogen-bond acceptors (Lipinski definition) is 2. The third-order valence-corrected chi connectivity index (χ3v) is 6.81. The molecule has 0 unspecified atom stereocenters. The van der Waals surface area contributed by atoms with Crippen molar-refractivity contribution < 1.29 is 9.59 Å². The van der Waals surface area contributed by atoms with Gasteiger partial charge in [0.15, 0.2) is 5.78 Å². The summed E-state index contributed by atoms with van der Waals surface area (Å²) in [5.74, 6) is 3.19. The molecule has 0 aliphatic heterocycles. The Morgan fingerprint density at radius 3 is 2.65 bits per heavy atom. The molecule has 0 saturated heterocycles. The molecule has 0 radical (unpaired) electrons. The molecule has 3 rings (SSSR count). The van der Waals surface area contributed by atoms with Gasteiger partial charge in [-0.3, -0.25) is 9.59 Å². The first-order chi connectivity index (χ1) is 9.43. The van der Waals surface area contributed by atoms with Gasteiger partial charge in [-0.1, -0.05) is 19.4 Å². The van der Waals surface area contributed by atoms with Gasteiger partial charge in [0.25, 0.3) is 0 Å². The van der Waals surface area contributed by atoms with Crippen molar-refractivity contribution in [3.63, 3.8) is 0 Å². The zero-order chi connectivity index (χ0) is 14.5. The fourth-order valence-corrected chi connectivity index (χ4v) is 5.16. The standard InChI is InChI=1S/C18H26O2/c1-11-15-6-4-13-10-14(20)5-7-16(13)17(15)8-9-18(11,3)12(2)19/h10-11,15-17H,4-9H2,1-3H3/t11-,15-,16-,17-,18-/m0/s1. The molecule has 2 saturated carbocycles. The SMILES string of the molecule is CC(=O)[C@@]1(C)CC[C@H]2[C@@H](CCC3=CC(=O)CC[C@@H]32)[C@@H]1C. The van der Waals surface area contributed by atoms with Crippen LogP contribution in [0.1, 0.15) is 59.3 Å². The summed E-state index contributed by atoms with van der Waals surface area (Å²) >= 11 is 0. The minimum absolute atomic E-state index is 0.118. The summed E-state index contributed by atoms with van der Waals surface area (Å²) in [6.45, 7) is 6.23. The van der Waals surface area contributed by atoms with Crippen molar-refractivity contribution in [2.24, 2.45) is 29.1 Å². The first kappa shape index (κ1) is 14.0. The molecule has 2 heteroatoms. The highest BCUT2D eigenvalue weighted by Crippen LogP contribution is 2.56. The van der Waals surface area contributed by atoms with E-state index in [4.69, 9.17) is 0 Å². The second-order valence-corrected chi connectivity index (χ2v) is 7.50. The van der Waals surface area contributed by atoms with Gasteiger partial charge in [0.05, 0.1) is 0 Å². The Balaban J connectivity index is 1.86. The molecular weight excluding hydrogens is 248 g/mol. The normalized spacial score (nSPS) is 44.4. The highest BCUT2D eigenvalue weighted by atomic mass is 16.1. The molecule has 3 aliphatic carbocycles. The number of hydrogen-bond donors (Lipinski definition) is 0. The Bertz CT molecular complexity index is 476. The molecule has 0 amide bonds. The van der Waals surface area contributed by atoms with Crippen molar-refractivity contribution in [1.82, 2.24) is 0 Å². The fraction of sp³-hybridized carbons (Fsp3) is 0.778. The van der Waals surface area contributed by atoms with E-state index in [0.717, 1.165) is 25.7 Å². The summed E-state index contributed by atoms with van der Waals surface area (Å²) in [6, 6.07) is 0. The van der Waals surface area contributed by atoms with Crippen LogP contribution < -0.4 is 0 Å². The van der Waals surface area contributed by atoms with E-state index >= 15 is 0 Å². The smallest absolute Gasteiger partial charge is 0.155 e. The molecule has 0 aromatic rings. The van der Waals surface area contributed by atoms with Crippen LogP contribution in [0, 0.1) is 29.1 Å². The van der Waals surface area contributed by atoms with Gasteiger partial charge in [-0.25, -0.2) is 0 Å². The lowest BCUT2D eigenvalue weighted by Gasteiger charge is -2.53. The maximum Gasteiger partial charge on any atom is 0.155 e. The van der Waals surface area contributed by atoms with Crippen molar-refractivity contribution in [1.29, 1.82) is 0 Å². The summed E-state index contributed by atoms with van der Waals surface area (Å²) in [4.78, 5) is 23.7. The fourth-order valence-electron chi connectivity index (χ4n) is 5.16. The molecule has 0 bridgehead atoms. The van der Waals surface area contributed by atoms with Crippen LogP contribution in [0.4, 0.5) is 0 Å². The predicted molar refractivity (Wildman–Crippen MR) is 79.2 cm³/mol. The number of rotatable bonds is 1. The van der Waals surface area contributed by atoms with Crippen LogP contribution in [-0.4, -0.2) is 11.6 Å². The Morgan fingerprint density at radius 2 is 1.95 bits per heavy atom. The third kappa shape index (κ3) is 1.99. The second kappa shape index (κ2) is 4.82. The van der Waals surface area contributed by atoms with E-state index in [1.54, 1.807) is 6.92 Å². The number of carbonyl (C=O) groups excluding carboxylic acids is 2. The molecule has 0 spiro atoms. The van der Waals surface area contributed by atoms with E-state index in [2.05, 4.69) is 13.8 Å². The molecule has 0 aromatic carbocycles. The summed E-state index contributed by atoms with van der Waals surface area (Å²) in [5, 5.41) is 0. The van der Waals surface area contributed by atoms with Crippen LogP contribution in [-0.2, 0) is 9.59 Å². The first-order valence-corrected chi connectivity index (χ1v) is 8.18. The van der Waals surface area contributed by atoms with E-state index in [9.17, 15) is 9.59 Å². The zero-order valence-electron chi connectivity index (χ0n) is 12.9. The largest absolute Gasteiger partial charge is 0.299 e. The topological polar surface area (TPSA) is 34.1 Å². The van der Waals surface area contributed by atoms with E-state index in [-0.39, 0.29) is 5.41 Å². The van der Waals surface area contributed by atoms with Gasteiger partial charge in [-0.15, -0.1) is 0 Å². The number of Topliss-reactive ketones (excluding diaryl/α,β-unsaturated/α-hetero) is 1. The number of allylic oxidation sites excluding steroid dienone is 2. The van der Waals surface area contributed by atoms with E-state index in [1.807, 2.05) is 6.08 Å². The van der Waals surface area contributed by atoms with Gasteiger partial charge in [0.2, 0.25) is 0 Å². The van der Waals surface area contributed by atoms with Gasteiger partial charge in [0, 0.05) is 11.8 Å². The Morgan fingerprint density at radius 1 is 1.20 bits per heavy atom. The molecule has 0 heterocycles. The highest BCUT2D eigenvalue weighted by Gasteiger charge is 2.50. The zero-order valence-corrected chi connectivity index (χ0v) is 12.9. The van der Waals surface area contributed by atoms with Crippen LogP contribution in [0.2, 0.25) is 0 Å². The monoisotopic (exact) mass is 274 g/mol. The van der Waals surface area contributed by atoms with Crippen LogP contribution in [0.25, 0.3) is 0 Å². The second-order valence-electron chi connectivity index (χ2n) is 7.50. The minimum Gasteiger partial charge on any atom is -0.299 e. The van der Waals surface area contributed by atoms with E-state index in [1.165, 1.54) is 18.4 Å². The van der Waals surface area contributed by atoms with Gasteiger partial charge >= 0.3 is 0 Å². The number of ketones is 2. The highest BCUT2D eigenvalue weighted by molar-refractivity contribution is 5.91. The summed E-state index contributed by atoms with van der Waals surface area (Å²) in [6.07, 6.45) is 8.17. The molecule has 3 aliphatic rings. The average molecular weight is 274 g/mol. The summed E-state index contributed by atoms with van der Waals surface area (Å²) in [7, 11) is 0. The van der Waals surface area contributed by atoms with Gasteiger partial charge in [-0.05, 0) is 68.8 Å². The third-order valence-electron chi connectivity index (χ3n) is 6.81. The minimum atomic E-state index is -0.118. The summed E-state index contributed by atoms with van der Waals surface area (Å²) in [5.41, 5.74) is 1.30. The van der Waals surface area contributed by atoms with Gasteiger partial charge in [-0.2, -0.15) is 0 Å². The van der Waals surface area contributed by atoms with Crippen molar-refractivity contribution in [3.05, 3.63) is 11.6 Å². The lowest BCUT2D eigenvalue weighted by atomic mass is 9.51. The van der Waals surface area contributed by atoms with Crippen molar-refractivity contribution >= 4 is 11.6 Å². The Kier molecular flexibility index (Phi) is 3.38. The molecule has 5 atom stereocenters. The van der Waals surface area contributed by atoms with Crippen molar-refractivity contribution in [3.8, 4) is 0 Å². The van der Waals surface area contributed by atoms with Gasteiger partial charge in [0.1, 0.15) is 5.78 Å². The van der Waals surface area contributed by atoms with E-state index < -0.39 is 0 Å². The molecule has 0 N–H and O–H groups in total. The Hall–Kier alpha value is -0.920. The maximum absolute atomic E-state index is 12.1. The molecule has 20 heavy (non-hydrogen) atoms. The van der Waals surface area contributed by atoms with E-state index in [0.29, 0.717) is 35.2 Å². The predicted octanol–water partition coefficient (Wildman–Crippen LogP) is 3.94. The van der Waals surface area contributed by atoms with Crippen LogP contribution in [0.15, 0.2) is 11.6 Å². The number of fused-ring (bicyclic) bond motifs is 3. The lowest BCUT2D eigenvalue weighted by Crippen LogP contribution is -2.48. The number of carbonyl (C=O) groups is 2. The summed E-state index contributed by atoms with van der Waals surface area (Å²) < 4.78 is 0. The molecule has 110 valence electrons. The molecule has 2 fully saturated rings. The van der Waals surface area contributed by atoms with Crippen molar-refractivity contribution in [2.45, 2.75) is 59.3 Å². The molecule has 2 nitrogen and oxygen atoms in total. The Labute approximate surface area is 122 Å². The van der Waals surface area contributed by atoms with Crippen LogP contribution >= 0.6 is 0 Å². The van der Waals surface area contributed by atoms with Crippen LogP contribution in [0.3, 0.4) is 0 Å². The quantitative estimate of drug-likeness (QED) is 0.725. The van der Waals surface area contributed by atoms with Crippen molar-refractivity contribution in [2.75, 3.05) is 0 Å². The lowest BCUT2D eigenvalue weighted by molar-refractivity contribution is -0.135. The first-order valence-electron chi connectivity index (χ1n) is 8.18. The molecule has 0 aromatic heterocycles. The molecular formula is C18H26O2.